The van der Waals surface area contributed by atoms with Crippen LogP contribution in [0.3, 0.4) is 0 Å². The van der Waals surface area contributed by atoms with Crippen LogP contribution in [0.5, 0.6) is 5.75 Å². The number of nitrogens with one attached hydrogen (secondary N) is 1. The smallest absolute Gasteiger partial charge is 0.251 e. The molecule has 2 N–H and O–H groups in total. The molecule has 0 aliphatic rings. The molecule has 0 aromatic heterocycles. The molecular weight excluding hydrogens is 254 g/mol. The number of benzene rings is 2. The standard InChI is InChI=1S/C16H17NO3/c1-20-14-9-7-13(8-10-14)16(19)17-15(11-18)12-5-3-2-4-6-12/h2-10,15,18H,11H2,1H3,(H,17,19)/t15-/m0/s1. The average molecular weight is 271 g/mol. The molecule has 0 radical (unpaired) electrons. The third kappa shape index (κ3) is 3.36. The monoisotopic (exact) mass is 271 g/mol. The molecule has 0 aliphatic carbocycles. The van der Waals surface area contributed by atoms with Crippen molar-refractivity contribution < 1.29 is 14.6 Å². The maximum atomic E-state index is 12.1. The summed E-state index contributed by atoms with van der Waals surface area (Å²) in [6.45, 7) is -0.147. The zero-order chi connectivity index (χ0) is 14.4. The highest BCUT2D eigenvalue weighted by atomic mass is 16.5. The largest absolute Gasteiger partial charge is 0.497 e. The molecule has 0 heterocycles. The normalized spacial score (nSPS) is 11.7. The van der Waals surface area contributed by atoms with Crippen LogP contribution in [0.15, 0.2) is 54.6 Å². The van der Waals surface area contributed by atoms with Crippen molar-refractivity contribution in [2.24, 2.45) is 0 Å². The maximum absolute atomic E-state index is 12.1. The van der Waals surface area contributed by atoms with Gasteiger partial charge in [-0.3, -0.25) is 4.79 Å². The third-order valence-electron chi connectivity index (χ3n) is 3.04. The van der Waals surface area contributed by atoms with Crippen LogP contribution in [-0.4, -0.2) is 24.7 Å². The van der Waals surface area contributed by atoms with Crippen molar-refractivity contribution >= 4 is 5.91 Å². The van der Waals surface area contributed by atoms with Crippen molar-refractivity contribution in [3.8, 4) is 5.75 Å². The second kappa shape index (κ2) is 6.73. The van der Waals surface area contributed by atoms with Crippen LogP contribution < -0.4 is 10.1 Å². The van der Waals surface area contributed by atoms with Crippen molar-refractivity contribution in [2.45, 2.75) is 6.04 Å². The molecule has 0 saturated carbocycles. The minimum atomic E-state index is -0.411. The second-order valence-corrected chi connectivity index (χ2v) is 4.35. The van der Waals surface area contributed by atoms with Gasteiger partial charge in [-0.2, -0.15) is 0 Å². The molecule has 0 aliphatic heterocycles. The molecule has 20 heavy (non-hydrogen) atoms. The van der Waals surface area contributed by atoms with Gasteiger partial charge in [-0.1, -0.05) is 30.3 Å². The van der Waals surface area contributed by atoms with Crippen LogP contribution in [0, 0.1) is 0 Å². The first kappa shape index (κ1) is 14.1. The molecule has 4 nitrogen and oxygen atoms in total. The summed E-state index contributed by atoms with van der Waals surface area (Å²) in [6.07, 6.45) is 0. The molecule has 2 aromatic carbocycles. The first-order valence-corrected chi connectivity index (χ1v) is 6.35. The first-order chi connectivity index (χ1) is 9.74. The number of carbonyl (C=O) groups excluding carboxylic acids is 1. The minimum Gasteiger partial charge on any atom is -0.497 e. The van der Waals surface area contributed by atoms with E-state index in [4.69, 9.17) is 4.74 Å². The molecule has 104 valence electrons. The lowest BCUT2D eigenvalue weighted by atomic mass is 10.1. The summed E-state index contributed by atoms with van der Waals surface area (Å²) in [7, 11) is 1.58. The van der Waals surface area contributed by atoms with E-state index in [1.807, 2.05) is 30.3 Å². The van der Waals surface area contributed by atoms with E-state index in [2.05, 4.69) is 5.32 Å². The zero-order valence-corrected chi connectivity index (χ0v) is 11.2. The zero-order valence-electron chi connectivity index (χ0n) is 11.2. The summed E-state index contributed by atoms with van der Waals surface area (Å²) >= 11 is 0. The summed E-state index contributed by atoms with van der Waals surface area (Å²) in [5, 5.41) is 12.2. The SMILES string of the molecule is COc1ccc(C(=O)N[C@@H](CO)c2ccccc2)cc1. The molecular formula is C16H17NO3. The van der Waals surface area contributed by atoms with Crippen molar-refractivity contribution in [3.05, 3.63) is 65.7 Å². The molecule has 1 atom stereocenters. The van der Waals surface area contributed by atoms with E-state index in [1.165, 1.54) is 0 Å². The number of aliphatic hydroxyl groups is 1. The van der Waals surface area contributed by atoms with Gasteiger partial charge in [0.1, 0.15) is 5.75 Å². The van der Waals surface area contributed by atoms with E-state index >= 15 is 0 Å². The summed E-state index contributed by atoms with van der Waals surface area (Å²) in [4.78, 5) is 12.1. The van der Waals surface area contributed by atoms with Gasteiger partial charge < -0.3 is 15.2 Å². The average Bonchev–Trinajstić information content (AvgIpc) is 2.53. The Balaban J connectivity index is 2.09. The lowest BCUT2D eigenvalue weighted by Crippen LogP contribution is -2.30. The molecule has 0 fully saturated rings. The van der Waals surface area contributed by atoms with Crippen LogP contribution in [0.4, 0.5) is 0 Å². The molecule has 2 aromatic rings. The first-order valence-electron chi connectivity index (χ1n) is 6.35. The Bertz CT molecular complexity index is 552. The van der Waals surface area contributed by atoms with Crippen LogP contribution in [0.1, 0.15) is 22.0 Å². The number of hydrogen-bond donors (Lipinski definition) is 2. The fourth-order valence-corrected chi connectivity index (χ4v) is 1.90. The Kier molecular flexibility index (Phi) is 4.74. The van der Waals surface area contributed by atoms with E-state index in [-0.39, 0.29) is 12.5 Å². The van der Waals surface area contributed by atoms with Gasteiger partial charge in [0.05, 0.1) is 19.8 Å². The van der Waals surface area contributed by atoms with Gasteiger partial charge in [0.15, 0.2) is 0 Å². The molecule has 0 spiro atoms. The fourth-order valence-electron chi connectivity index (χ4n) is 1.90. The maximum Gasteiger partial charge on any atom is 0.251 e. The lowest BCUT2D eigenvalue weighted by molar-refractivity contribution is 0.0916. The van der Waals surface area contributed by atoms with Crippen LogP contribution in [0.2, 0.25) is 0 Å². The molecule has 0 bridgehead atoms. The van der Waals surface area contributed by atoms with Crippen molar-refractivity contribution in [3.63, 3.8) is 0 Å². The van der Waals surface area contributed by atoms with E-state index in [0.717, 1.165) is 5.56 Å². The van der Waals surface area contributed by atoms with Crippen molar-refractivity contribution in [1.29, 1.82) is 0 Å². The Morgan fingerprint density at radius 2 is 1.80 bits per heavy atom. The molecule has 0 unspecified atom stereocenters. The molecule has 0 saturated heterocycles. The lowest BCUT2D eigenvalue weighted by Gasteiger charge is -2.16. The Labute approximate surface area is 118 Å². The molecule has 2 rings (SSSR count). The van der Waals surface area contributed by atoms with Crippen LogP contribution >= 0.6 is 0 Å². The molecule has 4 heteroatoms. The Hall–Kier alpha value is -2.33. The predicted molar refractivity (Wildman–Crippen MR) is 76.7 cm³/mol. The quantitative estimate of drug-likeness (QED) is 0.876. The van der Waals surface area contributed by atoms with Crippen LogP contribution in [0.25, 0.3) is 0 Å². The van der Waals surface area contributed by atoms with Gasteiger partial charge in [0, 0.05) is 5.56 Å². The van der Waals surface area contributed by atoms with Gasteiger partial charge in [0.2, 0.25) is 0 Å². The fraction of sp³-hybridized carbons (Fsp3) is 0.188. The van der Waals surface area contributed by atoms with E-state index < -0.39 is 6.04 Å². The number of rotatable bonds is 5. The summed E-state index contributed by atoms with van der Waals surface area (Å²) in [6, 6.07) is 15.8. The number of carbonyl (C=O) groups is 1. The van der Waals surface area contributed by atoms with E-state index in [0.29, 0.717) is 11.3 Å². The summed E-state index contributed by atoms with van der Waals surface area (Å²) < 4.78 is 5.05. The molecule has 1 amide bonds. The Morgan fingerprint density at radius 1 is 1.15 bits per heavy atom. The van der Waals surface area contributed by atoms with Gasteiger partial charge in [-0.25, -0.2) is 0 Å². The van der Waals surface area contributed by atoms with Crippen LogP contribution in [-0.2, 0) is 0 Å². The number of amides is 1. The van der Waals surface area contributed by atoms with Crippen molar-refractivity contribution in [1.82, 2.24) is 5.32 Å². The van der Waals surface area contributed by atoms with Gasteiger partial charge in [0.25, 0.3) is 5.91 Å². The predicted octanol–water partition coefficient (Wildman–Crippen LogP) is 2.16. The van der Waals surface area contributed by atoms with Gasteiger partial charge >= 0.3 is 0 Å². The second-order valence-electron chi connectivity index (χ2n) is 4.35. The summed E-state index contributed by atoms with van der Waals surface area (Å²) in [5.41, 5.74) is 1.40. The van der Waals surface area contributed by atoms with E-state index in [1.54, 1.807) is 31.4 Å². The number of ether oxygens (including phenoxy) is 1. The number of aliphatic hydroxyl groups excluding tert-OH is 1. The third-order valence-corrected chi connectivity index (χ3v) is 3.04. The number of methoxy groups -OCH3 is 1. The van der Waals surface area contributed by atoms with Gasteiger partial charge in [-0.05, 0) is 29.8 Å². The highest BCUT2D eigenvalue weighted by Gasteiger charge is 2.14. The van der Waals surface area contributed by atoms with Gasteiger partial charge in [-0.15, -0.1) is 0 Å². The number of hydrogen-bond acceptors (Lipinski definition) is 3. The minimum absolute atomic E-state index is 0.147. The topological polar surface area (TPSA) is 58.6 Å². The summed E-state index contributed by atoms with van der Waals surface area (Å²) in [5.74, 6) is 0.471. The highest BCUT2D eigenvalue weighted by Crippen LogP contribution is 2.15. The van der Waals surface area contributed by atoms with E-state index in [9.17, 15) is 9.90 Å². The van der Waals surface area contributed by atoms with Crippen molar-refractivity contribution in [2.75, 3.05) is 13.7 Å². The highest BCUT2D eigenvalue weighted by molar-refractivity contribution is 5.94. The Morgan fingerprint density at radius 3 is 2.35 bits per heavy atom.